The summed E-state index contributed by atoms with van der Waals surface area (Å²) in [6.45, 7) is 1.14. The molecule has 0 saturated heterocycles. The molecule has 19 heavy (non-hydrogen) atoms. The fourth-order valence-electron chi connectivity index (χ4n) is 1.84. The van der Waals surface area contributed by atoms with Gasteiger partial charge in [-0.3, -0.25) is 0 Å². The van der Waals surface area contributed by atoms with Gasteiger partial charge in [-0.05, 0) is 18.1 Å². The molecular formula is C14H21NO4. The van der Waals surface area contributed by atoms with Gasteiger partial charge in [0.15, 0.2) is 0 Å². The van der Waals surface area contributed by atoms with Crippen molar-refractivity contribution < 1.29 is 19.4 Å². The molecule has 0 fully saturated rings. The van der Waals surface area contributed by atoms with E-state index in [2.05, 4.69) is 5.32 Å². The fraction of sp³-hybridized carbons (Fsp3) is 0.500. The molecule has 5 heteroatoms. The molecule has 0 heterocycles. The lowest BCUT2D eigenvalue weighted by Gasteiger charge is -2.17. The molecule has 1 rings (SSSR count). The minimum absolute atomic E-state index is 0.0562. The maximum atomic E-state index is 11.6. The molecule has 0 bridgehead atoms. The number of hydrogen-bond acceptors (Lipinski definition) is 5. The van der Waals surface area contributed by atoms with Crippen LogP contribution in [-0.2, 0) is 16.0 Å². The molecule has 0 spiro atoms. The Balaban J connectivity index is 2.68. The number of aliphatic hydroxyl groups is 1. The van der Waals surface area contributed by atoms with Crippen molar-refractivity contribution in [1.29, 1.82) is 0 Å². The minimum Gasteiger partial charge on any atom is -0.465 e. The lowest BCUT2D eigenvalue weighted by atomic mass is 10.1. The number of carbonyl (C=O) groups is 1. The van der Waals surface area contributed by atoms with Gasteiger partial charge >= 0.3 is 5.97 Å². The third kappa shape index (κ3) is 4.98. The average Bonchev–Trinajstić information content (AvgIpc) is 2.44. The molecule has 1 aromatic carbocycles. The van der Waals surface area contributed by atoms with Crippen LogP contribution in [0.2, 0.25) is 0 Å². The fourth-order valence-corrected chi connectivity index (χ4v) is 1.84. The first-order valence-corrected chi connectivity index (χ1v) is 6.22. The average molecular weight is 267 g/mol. The number of nitrogens with one attached hydrogen (secondary N) is 1. The predicted octanol–water partition coefficient (Wildman–Crippen LogP) is 0.960. The lowest BCUT2D eigenvalue weighted by molar-refractivity contribution is 0.0599. The van der Waals surface area contributed by atoms with E-state index in [1.54, 1.807) is 19.2 Å². The Morgan fingerprint density at radius 2 is 2.11 bits per heavy atom. The van der Waals surface area contributed by atoms with E-state index in [1.807, 2.05) is 12.1 Å². The number of methoxy groups -OCH3 is 2. The van der Waals surface area contributed by atoms with Gasteiger partial charge < -0.3 is 19.9 Å². The zero-order chi connectivity index (χ0) is 14.1. The molecule has 0 aliphatic rings. The summed E-state index contributed by atoms with van der Waals surface area (Å²) in [4.78, 5) is 11.6. The first-order valence-electron chi connectivity index (χ1n) is 6.22. The van der Waals surface area contributed by atoms with E-state index in [-0.39, 0.29) is 18.6 Å². The van der Waals surface area contributed by atoms with Crippen LogP contribution in [0.25, 0.3) is 0 Å². The van der Waals surface area contributed by atoms with E-state index < -0.39 is 0 Å². The van der Waals surface area contributed by atoms with Gasteiger partial charge in [0, 0.05) is 26.3 Å². The highest BCUT2D eigenvalue weighted by atomic mass is 16.5. The van der Waals surface area contributed by atoms with Gasteiger partial charge in [-0.25, -0.2) is 4.79 Å². The second-order valence-electron chi connectivity index (χ2n) is 4.19. The van der Waals surface area contributed by atoms with Gasteiger partial charge in [0.2, 0.25) is 0 Å². The summed E-state index contributed by atoms with van der Waals surface area (Å²) in [5, 5.41) is 12.2. The summed E-state index contributed by atoms with van der Waals surface area (Å²) in [6, 6.07) is 7.35. The molecule has 5 nitrogen and oxygen atoms in total. The summed E-state index contributed by atoms with van der Waals surface area (Å²) < 4.78 is 9.83. The van der Waals surface area contributed by atoms with E-state index >= 15 is 0 Å². The number of aliphatic hydroxyl groups excluding tert-OH is 1. The van der Waals surface area contributed by atoms with Crippen molar-refractivity contribution in [2.75, 3.05) is 27.4 Å². The zero-order valence-corrected chi connectivity index (χ0v) is 11.4. The van der Waals surface area contributed by atoms with Crippen molar-refractivity contribution in [3.05, 3.63) is 35.4 Å². The van der Waals surface area contributed by atoms with Crippen molar-refractivity contribution in [1.82, 2.24) is 5.32 Å². The molecule has 1 unspecified atom stereocenters. The molecule has 0 aromatic heterocycles. The van der Waals surface area contributed by atoms with Crippen molar-refractivity contribution >= 4 is 5.97 Å². The topological polar surface area (TPSA) is 67.8 Å². The quantitative estimate of drug-likeness (QED) is 0.687. The van der Waals surface area contributed by atoms with Crippen molar-refractivity contribution in [3.63, 3.8) is 0 Å². The Morgan fingerprint density at radius 1 is 1.37 bits per heavy atom. The Morgan fingerprint density at radius 3 is 2.74 bits per heavy atom. The first kappa shape index (κ1) is 15.6. The van der Waals surface area contributed by atoms with Crippen LogP contribution < -0.4 is 5.32 Å². The molecule has 2 N–H and O–H groups in total. The van der Waals surface area contributed by atoms with Crippen LogP contribution in [-0.4, -0.2) is 44.6 Å². The summed E-state index contributed by atoms with van der Waals surface area (Å²) in [6.07, 6.45) is 0.605. The van der Waals surface area contributed by atoms with Crippen LogP contribution in [0.4, 0.5) is 0 Å². The van der Waals surface area contributed by atoms with Crippen molar-refractivity contribution in [2.24, 2.45) is 0 Å². The monoisotopic (exact) mass is 267 g/mol. The zero-order valence-electron chi connectivity index (χ0n) is 11.4. The van der Waals surface area contributed by atoms with E-state index in [0.29, 0.717) is 25.1 Å². The van der Waals surface area contributed by atoms with Gasteiger partial charge in [-0.15, -0.1) is 0 Å². The molecule has 106 valence electrons. The molecule has 0 radical (unpaired) electrons. The largest absolute Gasteiger partial charge is 0.465 e. The second-order valence-corrected chi connectivity index (χ2v) is 4.19. The van der Waals surface area contributed by atoms with E-state index in [0.717, 1.165) is 5.56 Å². The molecule has 0 saturated carbocycles. The second kappa shape index (κ2) is 8.63. The van der Waals surface area contributed by atoms with E-state index in [9.17, 15) is 4.79 Å². The Kier molecular flexibility index (Phi) is 7.10. The van der Waals surface area contributed by atoms with Crippen molar-refractivity contribution in [2.45, 2.75) is 19.0 Å². The van der Waals surface area contributed by atoms with Crippen LogP contribution in [0.3, 0.4) is 0 Å². The highest BCUT2D eigenvalue weighted by molar-refractivity contribution is 5.90. The molecular weight excluding hydrogens is 246 g/mol. The molecule has 1 atom stereocenters. The molecule has 0 amide bonds. The minimum atomic E-state index is -0.345. The van der Waals surface area contributed by atoms with Crippen LogP contribution in [0, 0.1) is 0 Å². The standard InChI is InChI=1S/C14H21NO4/c1-18-10-12(7-8-16)15-9-11-5-3-4-6-13(11)14(17)19-2/h3-6,12,15-16H,7-10H2,1-2H3. The number of esters is 1. The van der Waals surface area contributed by atoms with Crippen LogP contribution in [0.1, 0.15) is 22.3 Å². The Bertz CT molecular complexity index is 389. The lowest BCUT2D eigenvalue weighted by Crippen LogP contribution is -2.34. The van der Waals surface area contributed by atoms with E-state index in [1.165, 1.54) is 7.11 Å². The number of ether oxygens (including phenoxy) is 2. The number of rotatable bonds is 8. The third-order valence-electron chi connectivity index (χ3n) is 2.85. The summed E-state index contributed by atoms with van der Waals surface area (Å²) in [7, 11) is 2.99. The van der Waals surface area contributed by atoms with Gasteiger partial charge in [-0.1, -0.05) is 18.2 Å². The maximum Gasteiger partial charge on any atom is 0.338 e. The Hall–Kier alpha value is -1.43. The Labute approximate surface area is 113 Å². The third-order valence-corrected chi connectivity index (χ3v) is 2.85. The first-order chi connectivity index (χ1) is 9.22. The van der Waals surface area contributed by atoms with Crippen LogP contribution in [0.15, 0.2) is 24.3 Å². The maximum absolute atomic E-state index is 11.6. The summed E-state index contributed by atoms with van der Waals surface area (Å²) in [5.74, 6) is -0.345. The number of carbonyl (C=O) groups excluding carboxylic acids is 1. The van der Waals surface area contributed by atoms with Gasteiger partial charge in [-0.2, -0.15) is 0 Å². The van der Waals surface area contributed by atoms with Crippen LogP contribution in [0.5, 0.6) is 0 Å². The smallest absolute Gasteiger partial charge is 0.338 e. The predicted molar refractivity (Wildman–Crippen MR) is 72.0 cm³/mol. The van der Waals surface area contributed by atoms with Gasteiger partial charge in [0.1, 0.15) is 0 Å². The molecule has 1 aromatic rings. The molecule has 0 aliphatic carbocycles. The van der Waals surface area contributed by atoms with Gasteiger partial charge in [0.25, 0.3) is 0 Å². The highest BCUT2D eigenvalue weighted by Crippen LogP contribution is 2.10. The molecule has 0 aliphatic heterocycles. The van der Waals surface area contributed by atoms with E-state index in [4.69, 9.17) is 14.6 Å². The van der Waals surface area contributed by atoms with Crippen molar-refractivity contribution in [3.8, 4) is 0 Å². The number of benzene rings is 1. The number of hydrogen-bond donors (Lipinski definition) is 2. The SMILES string of the molecule is COCC(CCO)NCc1ccccc1C(=O)OC. The summed E-state index contributed by atoms with van der Waals surface area (Å²) >= 11 is 0. The normalized spacial score (nSPS) is 12.2. The van der Waals surface area contributed by atoms with Gasteiger partial charge in [0.05, 0.1) is 19.3 Å². The highest BCUT2D eigenvalue weighted by Gasteiger charge is 2.12. The summed E-state index contributed by atoms with van der Waals surface area (Å²) in [5.41, 5.74) is 1.42. The van der Waals surface area contributed by atoms with Crippen LogP contribution >= 0.6 is 0 Å².